The predicted octanol–water partition coefficient (Wildman–Crippen LogP) is 2.33. The van der Waals surface area contributed by atoms with Crippen LogP contribution in [0.3, 0.4) is 0 Å². The second-order valence-electron chi connectivity index (χ2n) is 4.94. The summed E-state index contributed by atoms with van der Waals surface area (Å²) in [7, 11) is 0. The summed E-state index contributed by atoms with van der Waals surface area (Å²) in [5.74, 6) is 0. The quantitative estimate of drug-likeness (QED) is 0.877. The normalized spacial score (nSPS) is 27.9. The van der Waals surface area contributed by atoms with E-state index in [-0.39, 0.29) is 5.60 Å². The molecule has 1 unspecified atom stereocenters. The second-order valence-corrected chi connectivity index (χ2v) is 5.65. The van der Waals surface area contributed by atoms with Gasteiger partial charge in [0, 0.05) is 24.6 Å². The van der Waals surface area contributed by atoms with Crippen LogP contribution in [0.5, 0.6) is 0 Å². The summed E-state index contributed by atoms with van der Waals surface area (Å²) in [4.78, 5) is 4.30. The van der Waals surface area contributed by atoms with Gasteiger partial charge in [0.25, 0.3) is 0 Å². The molecular weight excluding hydrogens is 220 g/mol. The lowest BCUT2D eigenvalue weighted by molar-refractivity contribution is -0.135. The van der Waals surface area contributed by atoms with Crippen molar-refractivity contribution in [1.82, 2.24) is 10.3 Å². The summed E-state index contributed by atoms with van der Waals surface area (Å²) in [5.41, 5.74) is 3.31. The van der Waals surface area contributed by atoms with Gasteiger partial charge in [0.15, 0.2) is 0 Å². The van der Waals surface area contributed by atoms with Gasteiger partial charge in [-0.1, -0.05) is 0 Å². The third-order valence-corrected chi connectivity index (χ3v) is 4.45. The molecule has 1 N–H and O–H groups in total. The fraction of sp³-hybridized carbons (Fsp3) is 0.750. The Labute approximate surface area is 100 Å². The van der Waals surface area contributed by atoms with Gasteiger partial charge in [-0.05, 0) is 32.1 Å². The molecule has 0 aromatic carbocycles. The lowest BCUT2D eigenvalue weighted by Crippen LogP contribution is -2.50. The molecule has 3 nitrogen and oxygen atoms in total. The van der Waals surface area contributed by atoms with E-state index < -0.39 is 0 Å². The van der Waals surface area contributed by atoms with E-state index in [2.05, 4.69) is 15.7 Å². The minimum Gasteiger partial charge on any atom is -0.375 e. The zero-order chi connectivity index (χ0) is 10.8. The van der Waals surface area contributed by atoms with Crippen LogP contribution < -0.4 is 5.32 Å². The minimum absolute atomic E-state index is 0.248. The maximum absolute atomic E-state index is 5.92. The molecule has 0 amide bonds. The first kappa shape index (κ1) is 10.7. The summed E-state index contributed by atoms with van der Waals surface area (Å²) in [6, 6.07) is 0.621. The van der Waals surface area contributed by atoms with Crippen molar-refractivity contribution in [3.05, 3.63) is 16.6 Å². The summed E-state index contributed by atoms with van der Waals surface area (Å²) >= 11 is 1.67. The van der Waals surface area contributed by atoms with E-state index in [4.69, 9.17) is 4.74 Å². The fourth-order valence-electron chi connectivity index (χ4n) is 2.70. The van der Waals surface area contributed by atoms with Crippen molar-refractivity contribution in [2.75, 3.05) is 6.61 Å². The number of aromatic nitrogens is 1. The molecule has 4 heteroatoms. The van der Waals surface area contributed by atoms with Gasteiger partial charge < -0.3 is 10.1 Å². The van der Waals surface area contributed by atoms with Crippen LogP contribution in [0, 0.1) is 0 Å². The number of rotatable bonds is 3. The number of ether oxygens (including phenoxy) is 1. The van der Waals surface area contributed by atoms with E-state index in [9.17, 15) is 0 Å². The van der Waals surface area contributed by atoms with E-state index in [1.54, 1.807) is 11.3 Å². The van der Waals surface area contributed by atoms with Crippen LogP contribution in [-0.2, 0) is 11.3 Å². The molecule has 1 aliphatic carbocycles. The summed E-state index contributed by atoms with van der Waals surface area (Å²) < 4.78 is 5.92. The highest BCUT2D eigenvalue weighted by Crippen LogP contribution is 2.42. The first-order valence-corrected chi connectivity index (χ1v) is 7.05. The highest BCUT2D eigenvalue weighted by atomic mass is 32.1. The van der Waals surface area contributed by atoms with Gasteiger partial charge in [0.05, 0.1) is 16.8 Å². The molecule has 1 spiro atoms. The van der Waals surface area contributed by atoms with Crippen molar-refractivity contribution in [3.8, 4) is 0 Å². The Morgan fingerprint density at radius 3 is 3.19 bits per heavy atom. The van der Waals surface area contributed by atoms with E-state index in [0.29, 0.717) is 6.04 Å². The second kappa shape index (κ2) is 4.43. The van der Waals surface area contributed by atoms with Crippen molar-refractivity contribution in [2.45, 2.75) is 50.3 Å². The molecular formula is C12H18N2OS. The highest BCUT2D eigenvalue weighted by molar-refractivity contribution is 7.07. The molecule has 0 bridgehead atoms. The number of nitrogens with one attached hydrogen (secondary N) is 1. The molecule has 2 fully saturated rings. The third-order valence-electron chi connectivity index (χ3n) is 3.81. The van der Waals surface area contributed by atoms with E-state index >= 15 is 0 Å². The van der Waals surface area contributed by atoms with Gasteiger partial charge in [-0.2, -0.15) is 0 Å². The highest BCUT2D eigenvalue weighted by Gasteiger charge is 2.42. The van der Waals surface area contributed by atoms with Crippen LogP contribution in [0.4, 0.5) is 0 Å². The van der Waals surface area contributed by atoms with Crippen LogP contribution in [-0.4, -0.2) is 23.2 Å². The van der Waals surface area contributed by atoms with Gasteiger partial charge in [-0.3, -0.25) is 0 Å². The maximum atomic E-state index is 5.92. The molecule has 1 saturated heterocycles. The molecule has 3 rings (SSSR count). The molecule has 88 valence electrons. The molecule has 2 heterocycles. The Balaban J connectivity index is 1.51. The lowest BCUT2D eigenvalue weighted by atomic mass is 9.74. The topological polar surface area (TPSA) is 34.2 Å². The van der Waals surface area contributed by atoms with Gasteiger partial charge in [-0.25, -0.2) is 4.98 Å². The smallest absolute Gasteiger partial charge is 0.0795 e. The molecule has 2 aliphatic rings. The zero-order valence-corrected chi connectivity index (χ0v) is 10.3. The maximum Gasteiger partial charge on any atom is 0.0795 e. The Morgan fingerprint density at radius 2 is 2.50 bits per heavy atom. The molecule has 1 atom stereocenters. The Bertz CT molecular complexity index is 335. The first-order valence-electron chi connectivity index (χ1n) is 6.11. The van der Waals surface area contributed by atoms with Crippen molar-refractivity contribution < 1.29 is 4.74 Å². The van der Waals surface area contributed by atoms with Crippen LogP contribution >= 0.6 is 11.3 Å². The van der Waals surface area contributed by atoms with Crippen molar-refractivity contribution in [3.63, 3.8) is 0 Å². The fourth-order valence-corrected chi connectivity index (χ4v) is 3.25. The van der Waals surface area contributed by atoms with Gasteiger partial charge in [0.1, 0.15) is 0 Å². The molecule has 1 saturated carbocycles. The number of nitrogens with zero attached hydrogens (tertiary/aromatic N) is 1. The monoisotopic (exact) mass is 238 g/mol. The van der Waals surface area contributed by atoms with Crippen LogP contribution in [0.1, 0.15) is 37.8 Å². The van der Waals surface area contributed by atoms with Crippen LogP contribution in [0.15, 0.2) is 10.9 Å². The standard InChI is InChI=1S/C12H18N2OS/c1-3-12(4-1)6-10(2-5-15-12)13-7-11-8-16-9-14-11/h8-10,13H,1-7H2. The summed E-state index contributed by atoms with van der Waals surface area (Å²) in [6.45, 7) is 1.83. The predicted molar refractivity (Wildman–Crippen MR) is 64.5 cm³/mol. The van der Waals surface area contributed by atoms with Crippen LogP contribution in [0.25, 0.3) is 0 Å². The van der Waals surface area contributed by atoms with E-state index in [1.165, 1.54) is 31.4 Å². The summed E-state index contributed by atoms with van der Waals surface area (Å²) in [6.07, 6.45) is 6.21. The van der Waals surface area contributed by atoms with Crippen molar-refractivity contribution in [2.24, 2.45) is 0 Å². The average molecular weight is 238 g/mol. The molecule has 16 heavy (non-hydrogen) atoms. The SMILES string of the molecule is c1nc(CNC2CCOC3(CCC3)C2)cs1. The van der Waals surface area contributed by atoms with E-state index in [1.807, 2.05) is 5.51 Å². The largest absolute Gasteiger partial charge is 0.375 e. The van der Waals surface area contributed by atoms with Gasteiger partial charge in [0.2, 0.25) is 0 Å². The molecule has 1 aromatic heterocycles. The third kappa shape index (κ3) is 2.14. The van der Waals surface area contributed by atoms with Crippen LogP contribution in [0.2, 0.25) is 0 Å². The van der Waals surface area contributed by atoms with Gasteiger partial charge in [-0.15, -0.1) is 11.3 Å². The lowest BCUT2D eigenvalue weighted by Gasteiger charge is -2.47. The Kier molecular flexibility index (Phi) is 2.96. The van der Waals surface area contributed by atoms with Crippen molar-refractivity contribution in [1.29, 1.82) is 0 Å². The number of hydrogen-bond acceptors (Lipinski definition) is 4. The number of thiazole rings is 1. The van der Waals surface area contributed by atoms with E-state index in [0.717, 1.165) is 19.6 Å². The van der Waals surface area contributed by atoms with Crippen molar-refractivity contribution >= 4 is 11.3 Å². The Hall–Kier alpha value is -0.450. The molecule has 1 aromatic rings. The first-order chi connectivity index (χ1) is 7.86. The minimum atomic E-state index is 0.248. The number of hydrogen-bond donors (Lipinski definition) is 1. The Morgan fingerprint density at radius 1 is 1.56 bits per heavy atom. The summed E-state index contributed by atoms with van der Waals surface area (Å²) in [5, 5.41) is 5.73. The molecule has 0 radical (unpaired) electrons. The van der Waals surface area contributed by atoms with Gasteiger partial charge >= 0.3 is 0 Å². The zero-order valence-electron chi connectivity index (χ0n) is 9.45. The average Bonchev–Trinajstić information content (AvgIpc) is 2.77. The molecule has 1 aliphatic heterocycles.